The predicted octanol–water partition coefficient (Wildman–Crippen LogP) is 2.06. The van der Waals surface area contributed by atoms with Crippen molar-refractivity contribution < 1.29 is 0 Å². The Hall–Kier alpha value is -1.43. The average molecular weight is 275 g/mol. The molecule has 2 aliphatic rings. The Labute approximate surface area is 116 Å². The second-order valence-corrected chi connectivity index (χ2v) is 6.58. The van der Waals surface area contributed by atoms with Crippen molar-refractivity contribution in [2.24, 2.45) is 5.92 Å². The minimum atomic E-state index is 0.709. The van der Waals surface area contributed by atoms with Gasteiger partial charge in [-0.15, -0.1) is 10.2 Å². The van der Waals surface area contributed by atoms with E-state index in [0.717, 1.165) is 36.5 Å². The smallest absolute Gasteiger partial charge is 0.208 e. The summed E-state index contributed by atoms with van der Waals surface area (Å²) in [7, 11) is 0. The van der Waals surface area contributed by atoms with E-state index in [1.807, 2.05) is 6.20 Å². The highest BCUT2D eigenvalue weighted by molar-refractivity contribution is 7.15. The zero-order chi connectivity index (χ0) is 12.8. The minimum absolute atomic E-state index is 0.709. The fourth-order valence-corrected chi connectivity index (χ4v) is 3.60. The normalized spacial score (nSPS) is 19.7. The van der Waals surface area contributed by atoms with E-state index in [1.54, 1.807) is 11.3 Å². The monoisotopic (exact) mass is 275 g/mol. The molecule has 1 saturated carbocycles. The molecule has 0 unspecified atom stereocenters. The molecule has 6 heteroatoms. The summed E-state index contributed by atoms with van der Waals surface area (Å²) in [5.74, 6) is 2.53. The molecule has 0 radical (unpaired) electrons. The molecule has 1 aliphatic carbocycles. The summed E-state index contributed by atoms with van der Waals surface area (Å²) in [6, 6.07) is 0. The first kappa shape index (κ1) is 11.4. The number of hydrogen-bond donors (Lipinski definition) is 0. The van der Waals surface area contributed by atoms with Gasteiger partial charge in [-0.25, -0.2) is 4.98 Å². The molecule has 0 bridgehead atoms. The molecule has 2 aromatic heterocycles. The molecule has 1 saturated heterocycles. The van der Waals surface area contributed by atoms with Gasteiger partial charge in [0.25, 0.3) is 0 Å². The highest BCUT2D eigenvalue weighted by Gasteiger charge is 2.32. The van der Waals surface area contributed by atoms with Crippen molar-refractivity contribution in [1.82, 2.24) is 19.7 Å². The lowest BCUT2D eigenvalue weighted by molar-refractivity contribution is 0.354. The zero-order valence-electron chi connectivity index (χ0n) is 11.0. The van der Waals surface area contributed by atoms with Crippen LogP contribution in [-0.2, 0) is 6.54 Å². The molecule has 100 valence electrons. The van der Waals surface area contributed by atoms with Crippen LogP contribution in [0, 0.1) is 12.8 Å². The molecule has 19 heavy (non-hydrogen) atoms. The van der Waals surface area contributed by atoms with Gasteiger partial charge in [-0.2, -0.15) is 0 Å². The maximum absolute atomic E-state index is 4.32. The lowest BCUT2D eigenvalue weighted by Crippen LogP contribution is -2.48. The van der Waals surface area contributed by atoms with Gasteiger partial charge in [-0.3, -0.25) is 0 Å². The second kappa shape index (κ2) is 4.30. The standard InChI is InChI=1S/C13H17N5S/c1-9-14-4-5-17(9)6-10-7-18(8-10)13-16-15-12(19-13)11-2-3-11/h4-5,10-11H,2-3,6-8H2,1H3. The average Bonchev–Trinajstić information content (AvgIpc) is 2.96. The van der Waals surface area contributed by atoms with Crippen molar-refractivity contribution in [1.29, 1.82) is 0 Å². The third-order valence-corrected chi connectivity index (χ3v) is 5.11. The van der Waals surface area contributed by atoms with Crippen LogP contribution in [0.2, 0.25) is 0 Å². The molecule has 1 aliphatic heterocycles. The van der Waals surface area contributed by atoms with E-state index >= 15 is 0 Å². The van der Waals surface area contributed by atoms with Crippen LogP contribution in [0.5, 0.6) is 0 Å². The van der Waals surface area contributed by atoms with E-state index in [2.05, 4.69) is 37.8 Å². The Morgan fingerprint density at radius 2 is 2.16 bits per heavy atom. The van der Waals surface area contributed by atoms with E-state index in [4.69, 9.17) is 0 Å². The van der Waals surface area contributed by atoms with E-state index in [1.165, 1.54) is 17.8 Å². The zero-order valence-corrected chi connectivity index (χ0v) is 11.8. The van der Waals surface area contributed by atoms with Crippen LogP contribution in [0.15, 0.2) is 12.4 Å². The molecular formula is C13H17N5S. The first-order valence-corrected chi connectivity index (χ1v) is 7.67. The molecule has 0 amide bonds. The van der Waals surface area contributed by atoms with Gasteiger partial charge in [0, 0.05) is 43.9 Å². The van der Waals surface area contributed by atoms with Crippen molar-refractivity contribution in [2.75, 3.05) is 18.0 Å². The van der Waals surface area contributed by atoms with Gasteiger partial charge in [0.15, 0.2) is 0 Å². The van der Waals surface area contributed by atoms with Crippen molar-refractivity contribution in [3.8, 4) is 0 Å². The van der Waals surface area contributed by atoms with Crippen LogP contribution < -0.4 is 4.90 Å². The molecule has 0 spiro atoms. The van der Waals surface area contributed by atoms with Crippen LogP contribution in [0.4, 0.5) is 5.13 Å². The van der Waals surface area contributed by atoms with Crippen molar-refractivity contribution >= 4 is 16.5 Å². The Bertz CT molecular complexity index is 579. The molecule has 0 N–H and O–H groups in total. The summed E-state index contributed by atoms with van der Waals surface area (Å²) >= 11 is 1.79. The summed E-state index contributed by atoms with van der Waals surface area (Å²) in [6.07, 6.45) is 6.54. The Morgan fingerprint density at radius 3 is 2.84 bits per heavy atom. The van der Waals surface area contributed by atoms with E-state index in [9.17, 15) is 0 Å². The number of anilines is 1. The summed E-state index contributed by atoms with van der Waals surface area (Å²) in [5, 5.41) is 11.0. The van der Waals surface area contributed by atoms with Gasteiger partial charge in [0.2, 0.25) is 5.13 Å². The van der Waals surface area contributed by atoms with E-state index in [-0.39, 0.29) is 0 Å². The largest absolute Gasteiger partial charge is 0.346 e. The maximum atomic E-state index is 4.32. The van der Waals surface area contributed by atoms with Gasteiger partial charge in [-0.05, 0) is 19.8 Å². The van der Waals surface area contributed by atoms with E-state index < -0.39 is 0 Å². The summed E-state index contributed by atoms with van der Waals surface area (Å²) in [4.78, 5) is 6.61. The Balaban J connectivity index is 1.35. The van der Waals surface area contributed by atoms with E-state index in [0.29, 0.717) is 5.92 Å². The number of hydrogen-bond acceptors (Lipinski definition) is 5. The maximum Gasteiger partial charge on any atom is 0.208 e. The number of imidazole rings is 1. The molecular weight excluding hydrogens is 258 g/mol. The lowest BCUT2D eigenvalue weighted by atomic mass is 10.0. The van der Waals surface area contributed by atoms with Gasteiger partial charge >= 0.3 is 0 Å². The second-order valence-electron chi connectivity index (χ2n) is 5.59. The van der Waals surface area contributed by atoms with Crippen LogP contribution in [0.1, 0.15) is 29.6 Å². The lowest BCUT2D eigenvalue weighted by Gasteiger charge is -2.39. The molecule has 5 nitrogen and oxygen atoms in total. The van der Waals surface area contributed by atoms with Crippen molar-refractivity contribution in [2.45, 2.75) is 32.2 Å². The van der Waals surface area contributed by atoms with Crippen LogP contribution in [-0.4, -0.2) is 32.8 Å². The van der Waals surface area contributed by atoms with Crippen LogP contribution >= 0.6 is 11.3 Å². The van der Waals surface area contributed by atoms with Gasteiger partial charge in [0.1, 0.15) is 10.8 Å². The van der Waals surface area contributed by atoms with Crippen molar-refractivity contribution in [3.05, 3.63) is 23.2 Å². The first-order chi connectivity index (χ1) is 9.29. The third kappa shape index (κ3) is 2.14. The highest BCUT2D eigenvalue weighted by Crippen LogP contribution is 2.43. The molecule has 4 rings (SSSR count). The van der Waals surface area contributed by atoms with Crippen LogP contribution in [0.25, 0.3) is 0 Å². The topological polar surface area (TPSA) is 46.8 Å². The van der Waals surface area contributed by atoms with Crippen LogP contribution in [0.3, 0.4) is 0 Å². The quantitative estimate of drug-likeness (QED) is 0.857. The third-order valence-electron chi connectivity index (χ3n) is 3.96. The Kier molecular flexibility index (Phi) is 2.58. The highest BCUT2D eigenvalue weighted by atomic mass is 32.1. The number of nitrogens with zero attached hydrogens (tertiary/aromatic N) is 5. The molecule has 0 aromatic carbocycles. The summed E-state index contributed by atoms with van der Waals surface area (Å²) in [6.45, 7) is 5.31. The minimum Gasteiger partial charge on any atom is -0.346 e. The summed E-state index contributed by atoms with van der Waals surface area (Å²) in [5.41, 5.74) is 0. The molecule has 2 fully saturated rings. The molecule has 3 heterocycles. The first-order valence-electron chi connectivity index (χ1n) is 6.85. The van der Waals surface area contributed by atoms with Gasteiger partial charge in [-0.1, -0.05) is 11.3 Å². The number of aryl methyl sites for hydroxylation is 1. The predicted molar refractivity (Wildman–Crippen MR) is 74.6 cm³/mol. The fraction of sp³-hybridized carbons (Fsp3) is 0.615. The Morgan fingerprint density at radius 1 is 1.32 bits per heavy atom. The number of aromatic nitrogens is 4. The van der Waals surface area contributed by atoms with Crippen molar-refractivity contribution in [3.63, 3.8) is 0 Å². The summed E-state index contributed by atoms with van der Waals surface area (Å²) < 4.78 is 2.23. The fourth-order valence-electron chi connectivity index (χ4n) is 2.57. The van der Waals surface area contributed by atoms with Gasteiger partial charge < -0.3 is 9.47 Å². The number of rotatable bonds is 4. The SMILES string of the molecule is Cc1nccn1CC1CN(c2nnc(C3CC3)s2)C1. The molecule has 2 aromatic rings. The molecule has 0 atom stereocenters. The van der Waals surface area contributed by atoms with Gasteiger partial charge in [0.05, 0.1) is 0 Å².